The molecular formula is C11H12N2O3. The molecular weight excluding hydrogens is 208 g/mol. The van der Waals surface area contributed by atoms with Gasteiger partial charge < -0.3 is 9.84 Å². The molecule has 0 fully saturated rings. The molecule has 0 saturated carbocycles. The summed E-state index contributed by atoms with van der Waals surface area (Å²) in [6.07, 6.45) is 0. The van der Waals surface area contributed by atoms with Crippen LogP contribution >= 0.6 is 0 Å². The minimum Gasteiger partial charge on any atom is -0.508 e. The Morgan fingerprint density at radius 2 is 2.19 bits per heavy atom. The highest BCUT2D eigenvalue weighted by atomic mass is 16.5. The molecule has 0 bridgehead atoms. The van der Waals surface area contributed by atoms with E-state index in [1.54, 1.807) is 12.1 Å². The van der Waals surface area contributed by atoms with E-state index in [0.717, 1.165) is 0 Å². The number of esters is 1. The highest BCUT2D eigenvalue weighted by molar-refractivity contribution is 5.77. The predicted octanol–water partition coefficient (Wildman–Crippen LogP) is 0.719. The van der Waals surface area contributed by atoms with Gasteiger partial charge >= 0.3 is 5.97 Å². The Hall–Kier alpha value is -2.06. The summed E-state index contributed by atoms with van der Waals surface area (Å²) in [6, 6.07) is 7.34. The summed E-state index contributed by atoms with van der Waals surface area (Å²) in [5.41, 5.74) is 0.639. The molecule has 0 spiro atoms. The Kier molecular flexibility index (Phi) is 4.30. The van der Waals surface area contributed by atoms with Crippen molar-refractivity contribution in [3.63, 3.8) is 0 Å². The number of benzene rings is 1. The van der Waals surface area contributed by atoms with Crippen LogP contribution in [0.1, 0.15) is 11.6 Å². The number of ether oxygens (including phenoxy) is 1. The van der Waals surface area contributed by atoms with Crippen LogP contribution in [0.25, 0.3) is 0 Å². The van der Waals surface area contributed by atoms with E-state index in [4.69, 9.17) is 10.4 Å². The van der Waals surface area contributed by atoms with Gasteiger partial charge in [-0.15, -0.1) is 0 Å². The molecule has 84 valence electrons. The number of methoxy groups -OCH3 is 1. The van der Waals surface area contributed by atoms with Gasteiger partial charge in [0.2, 0.25) is 0 Å². The number of carbonyl (C=O) groups is 1. The molecule has 0 aromatic heterocycles. The second-order valence-electron chi connectivity index (χ2n) is 3.09. The monoisotopic (exact) mass is 220 g/mol. The van der Waals surface area contributed by atoms with Gasteiger partial charge in [-0.1, -0.05) is 12.1 Å². The van der Waals surface area contributed by atoms with Crippen molar-refractivity contribution < 1.29 is 14.6 Å². The lowest BCUT2D eigenvalue weighted by molar-refractivity contribution is -0.143. The number of nitrogens with zero attached hydrogens (tertiary/aromatic N) is 1. The summed E-state index contributed by atoms with van der Waals surface area (Å²) in [5.74, 6) is -0.353. The van der Waals surface area contributed by atoms with E-state index in [0.29, 0.717) is 5.56 Å². The molecule has 5 nitrogen and oxygen atoms in total. The zero-order valence-electron chi connectivity index (χ0n) is 8.80. The Balaban J connectivity index is 2.88. The van der Waals surface area contributed by atoms with Gasteiger partial charge in [-0.2, -0.15) is 5.26 Å². The first kappa shape index (κ1) is 12.0. The standard InChI is InChI=1S/C11H12N2O3/c1-16-11(15)10(13-7-6-12)8-2-4-9(14)5-3-8/h2-5,10,13-14H,7H2,1H3. The number of phenolic OH excluding ortho intramolecular Hbond substituents is 1. The van der Waals surface area contributed by atoms with E-state index in [1.807, 2.05) is 6.07 Å². The third kappa shape index (κ3) is 2.97. The predicted molar refractivity (Wildman–Crippen MR) is 56.5 cm³/mol. The lowest BCUT2D eigenvalue weighted by atomic mass is 10.1. The van der Waals surface area contributed by atoms with E-state index in [1.165, 1.54) is 19.2 Å². The molecule has 1 unspecified atom stereocenters. The second kappa shape index (κ2) is 5.73. The molecule has 2 N–H and O–H groups in total. The van der Waals surface area contributed by atoms with Crippen LogP contribution in [0.15, 0.2) is 24.3 Å². The maximum Gasteiger partial charge on any atom is 0.327 e. The SMILES string of the molecule is COC(=O)C(NCC#N)c1ccc(O)cc1. The van der Waals surface area contributed by atoms with Crippen LogP contribution in [-0.4, -0.2) is 24.7 Å². The third-order valence-corrected chi connectivity index (χ3v) is 2.05. The topological polar surface area (TPSA) is 82.3 Å². The van der Waals surface area contributed by atoms with Gasteiger partial charge in [0.15, 0.2) is 0 Å². The van der Waals surface area contributed by atoms with Crippen molar-refractivity contribution in [3.05, 3.63) is 29.8 Å². The molecule has 0 aliphatic rings. The van der Waals surface area contributed by atoms with Crippen molar-refractivity contribution in [2.45, 2.75) is 6.04 Å². The molecule has 0 aliphatic heterocycles. The molecule has 1 atom stereocenters. The van der Waals surface area contributed by atoms with Crippen LogP contribution in [0.5, 0.6) is 5.75 Å². The number of rotatable bonds is 4. The quantitative estimate of drug-likeness (QED) is 0.577. The van der Waals surface area contributed by atoms with Crippen LogP contribution < -0.4 is 5.32 Å². The zero-order chi connectivity index (χ0) is 12.0. The number of carbonyl (C=O) groups excluding carboxylic acids is 1. The van der Waals surface area contributed by atoms with Crippen molar-refractivity contribution in [2.75, 3.05) is 13.7 Å². The van der Waals surface area contributed by atoms with Crippen LogP contribution in [0.4, 0.5) is 0 Å². The Morgan fingerprint density at radius 3 is 2.69 bits per heavy atom. The maximum atomic E-state index is 11.4. The number of hydrogen-bond acceptors (Lipinski definition) is 5. The average Bonchev–Trinajstić information content (AvgIpc) is 2.31. The van der Waals surface area contributed by atoms with Gasteiger partial charge in [0.25, 0.3) is 0 Å². The van der Waals surface area contributed by atoms with Crippen molar-refractivity contribution >= 4 is 5.97 Å². The molecule has 1 aromatic rings. The van der Waals surface area contributed by atoms with Crippen molar-refractivity contribution in [3.8, 4) is 11.8 Å². The molecule has 0 saturated heterocycles. The van der Waals surface area contributed by atoms with Crippen molar-refractivity contribution in [1.29, 1.82) is 5.26 Å². The van der Waals surface area contributed by atoms with Crippen LogP contribution in [0, 0.1) is 11.3 Å². The molecule has 1 aromatic carbocycles. The van der Waals surface area contributed by atoms with E-state index in [-0.39, 0.29) is 12.3 Å². The minimum absolute atomic E-state index is 0.0423. The summed E-state index contributed by atoms with van der Waals surface area (Å²) in [6.45, 7) is 0.0423. The number of phenols is 1. The fraction of sp³-hybridized carbons (Fsp3) is 0.273. The smallest absolute Gasteiger partial charge is 0.327 e. The van der Waals surface area contributed by atoms with E-state index >= 15 is 0 Å². The molecule has 0 radical (unpaired) electrons. The first-order chi connectivity index (χ1) is 7.69. The minimum atomic E-state index is -0.690. The first-order valence-corrected chi connectivity index (χ1v) is 4.66. The maximum absolute atomic E-state index is 11.4. The average molecular weight is 220 g/mol. The number of nitriles is 1. The fourth-order valence-electron chi connectivity index (χ4n) is 1.27. The molecule has 16 heavy (non-hydrogen) atoms. The van der Waals surface area contributed by atoms with Gasteiger partial charge in [0.05, 0.1) is 19.7 Å². The number of hydrogen-bond donors (Lipinski definition) is 2. The van der Waals surface area contributed by atoms with E-state index in [2.05, 4.69) is 10.1 Å². The van der Waals surface area contributed by atoms with Crippen molar-refractivity contribution in [2.24, 2.45) is 0 Å². The Bertz CT molecular complexity index is 395. The van der Waals surface area contributed by atoms with Crippen LogP contribution in [0.3, 0.4) is 0 Å². The lowest BCUT2D eigenvalue weighted by Crippen LogP contribution is -2.29. The molecule has 0 amide bonds. The van der Waals surface area contributed by atoms with Gasteiger partial charge in [0, 0.05) is 0 Å². The highest BCUT2D eigenvalue weighted by Gasteiger charge is 2.20. The van der Waals surface area contributed by atoms with Crippen LogP contribution in [-0.2, 0) is 9.53 Å². The van der Waals surface area contributed by atoms with Gasteiger partial charge in [-0.05, 0) is 17.7 Å². The largest absolute Gasteiger partial charge is 0.508 e. The molecule has 0 aliphatic carbocycles. The number of nitrogens with one attached hydrogen (secondary N) is 1. The summed E-state index contributed by atoms with van der Waals surface area (Å²) in [7, 11) is 1.28. The molecule has 0 heterocycles. The van der Waals surface area contributed by atoms with Crippen LogP contribution in [0.2, 0.25) is 0 Å². The summed E-state index contributed by atoms with van der Waals surface area (Å²) in [5, 5.41) is 20.3. The fourth-order valence-corrected chi connectivity index (χ4v) is 1.27. The Labute approximate surface area is 93.3 Å². The lowest BCUT2D eigenvalue weighted by Gasteiger charge is -2.14. The van der Waals surface area contributed by atoms with E-state index in [9.17, 15) is 4.79 Å². The summed E-state index contributed by atoms with van der Waals surface area (Å²) in [4.78, 5) is 11.4. The summed E-state index contributed by atoms with van der Waals surface area (Å²) >= 11 is 0. The second-order valence-corrected chi connectivity index (χ2v) is 3.09. The normalized spacial score (nSPS) is 11.5. The van der Waals surface area contributed by atoms with Gasteiger partial charge in [-0.3, -0.25) is 5.32 Å². The Morgan fingerprint density at radius 1 is 1.56 bits per heavy atom. The number of aromatic hydroxyl groups is 1. The molecule has 5 heteroatoms. The van der Waals surface area contributed by atoms with E-state index < -0.39 is 12.0 Å². The van der Waals surface area contributed by atoms with Gasteiger partial charge in [0.1, 0.15) is 11.8 Å². The third-order valence-electron chi connectivity index (χ3n) is 2.05. The zero-order valence-corrected chi connectivity index (χ0v) is 8.80. The first-order valence-electron chi connectivity index (χ1n) is 4.66. The highest BCUT2D eigenvalue weighted by Crippen LogP contribution is 2.17. The summed E-state index contributed by atoms with van der Waals surface area (Å²) < 4.78 is 4.62. The molecule has 1 rings (SSSR count). The van der Waals surface area contributed by atoms with Gasteiger partial charge in [-0.25, -0.2) is 4.79 Å². The van der Waals surface area contributed by atoms with Crippen molar-refractivity contribution in [1.82, 2.24) is 5.32 Å².